The molecule has 0 aromatic carbocycles. The normalized spacial score (nSPS) is 31.6. The summed E-state index contributed by atoms with van der Waals surface area (Å²) >= 11 is 0. The Balaban J connectivity index is 1.41. The summed E-state index contributed by atoms with van der Waals surface area (Å²) in [6.45, 7) is 1.69. The first-order valence-corrected chi connectivity index (χ1v) is 8.49. The predicted octanol–water partition coefficient (Wildman–Crippen LogP) is 0.999. The minimum absolute atomic E-state index is 0.00938. The molecule has 1 atom stereocenters. The van der Waals surface area contributed by atoms with Crippen LogP contribution in [0.15, 0.2) is 0 Å². The molecule has 0 aromatic heterocycles. The summed E-state index contributed by atoms with van der Waals surface area (Å²) in [5, 5.41) is 12.1. The lowest BCUT2D eigenvalue weighted by atomic mass is 9.85. The Kier molecular flexibility index (Phi) is 4.98. The standard InChI is InChI=1S/C16H26N2O4/c19-15(20)10-18(9-11-4-5-11)13-7-12(8-13)17-16(21)14-3-1-2-6-22-14/h11-14H,1-10H2,(H,17,21)(H,19,20)/t12?,13?,14-/m1/s1. The molecule has 22 heavy (non-hydrogen) atoms. The first-order valence-electron chi connectivity index (χ1n) is 8.49. The van der Waals surface area contributed by atoms with Gasteiger partial charge in [0.25, 0.3) is 0 Å². The van der Waals surface area contributed by atoms with Gasteiger partial charge in [-0.2, -0.15) is 0 Å². The van der Waals surface area contributed by atoms with Crippen LogP contribution in [0, 0.1) is 5.92 Å². The van der Waals surface area contributed by atoms with E-state index in [0.29, 0.717) is 18.6 Å². The Bertz CT molecular complexity index is 412. The van der Waals surface area contributed by atoms with Gasteiger partial charge in [-0.15, -0.1) is 0 Å². The average molecular weight is 310 g/mol. The molecule has 0 spiro atoms. The van der Waals surface area contributed by atoms with Crippen LogP contribution < -0.4 is 5.32 Å². The van der Waals surface area contributed by atoms with Crippen LogP contribution in [0.25, 0.3) is 0 Å². The molecule has 3 fully saturated rings. The van der Waals surface area contributed by atoms with E-state index in [1.807, 2.05) is 0 Å². The Morgan fingerprint density at radius 2 is 1.95 bits per heavy atom. The molecule has 6 heteroatoms. The SMILES string of the molecule is O=C(O)CN(CC1CC1)C1CC(NC(=O)[C@H]2CCCCO2)C1. The summed E-state index contributed by atoms with van der Waals surface area (Å²) in [6, 6.07) is 0.479. The summed E-state index contributed by atoms with van der Waals surface area (Å²) in [7, 11) is 0. The number of hydrogen-bond acceptors (Lipinski definition) is 4. The van der Waals surface area contributed by atoms with Crippen LogP contribution in [-0.4, -0.2) is 59.8 Å². The number of aliphatic carboxylic acids is 1. The maximum absolute atomic E-state index is 12.1. The third kappa shape index (κ3) is 4.20. The van der Waals surface area contributed by atoms with Gasteiger partial charge < -0.3 is 15.2 Å². The molecule has 2 saturated carbocycles. The Hall–Kier alpha value is -1.14. The summed E-state index contributed by atoms with van der Waals surface area (Å²) in [5.41, 5.74) is 0. The highest BCUT2D eigenvalue weighted by Gasteiger charge is 2.38. The van der Waals surface area contributed by atoms with Crippen LogP contribution in [0.3, 0.4) is 0 Å². The minimum Gasteiger partial charge on any atom is -0.480 e. The van der Waals surface area contributed by atoms with E-state index >= 15 is 0 Å². The third-order valence-electron chi connectivity index (χ3n) is 4.98. The van der Waals surface area contributed by atoms with Crippen LogP contribution in [0.5, 0.6) is 0 Å². The molecular formula is C16H26N2O4. The van der Waals surface area contributed by atoms with E-state index in [4.69, 9.17) is 9.84 Å². The third-order valence-corrected chi connectivity index (χ3v) is 4.98. The number of carboxylic acid groups (broad SMARTS) is 1. The second-order valence-corrected chi connectivity index (χ2v) is 6.95. The van der Waals surface area contributed by atoms with Crippen molar-refractivity contribution >= 4 is 11.9 Å². The van der Waals surface area contributed by atoms with Crippen LogP contribution in [0.4, 0.5) is 0 Å². The molecule has 124 valence electrons. The van der Waals surface area contributed by atoms with Gasteiger partial charge in [-0.3, -0.25) is 14.5 Å². The number of rotatable bonds is 7. The van der Waals surface area contributed by atoms with E-state index in [9.17, 15) is 9.59 Å². The first-order chi connectivity index (χ1) is 10.6. The molecule has 3 rings (SSSR count). The topological polar surface area (TPSA) is 78.9 Å². The summed E-state index contributed by atoms with van der Waals surface area (Å²) in [4.78, 5) is 25.2. The smallest absolute Gasteiger partial charge is 0.317 e. The Morgan fingerprint density at radius 3 is 2.55 bits per heavy atom. The number of hydrogen-bond donors (Lipinski definition) is 2. The van der Waals surface area contributed by atoms with Gasteiger partial charge in [0.05, 0.1) is 6.54 Å². The lowest BCUT2D eigenvalue weighted by Gasteiger charge is -2.43. The van der Waals surface area contributed by atoms with E-state index < -0.39 is 5.97 Å². The summed E-state index contributed by atoms with van der Waals surface area (Å²) < 4.78 is 5.50. The molecule has 1 aliphatic heterocycles. The number of carbonyl (C=O) groups is 2. The van der Waals surface area contributed by atoms with Crippen LogP contribution in [0.2, 0.25) is 0 Å². The van der Waals surface area contributed by atoms with Crippen molar-refractivity contribution in [3.63, 3.8) is 0 Å². The number of nitrogens with zero attached hydrogens (tertiary/aromatic N) is 1. The molecule has 1 heterocycles. The van der Waals surface area contributed by atoms with Gasteiger partial charge >= 0.3 is 5.97 Å². The molecule has 1 saturated heterocycles. The van der Waals surface area contributed by atoms with Gasteiger partial charge in [-0.25, -0.2) is 0 Å². The van der Waals surface area contributed by atoms with Crippen molar-refractivity contribution in [3.05, 3.63) is 0 Å². The van der Waals surface area contributed by atoms with Crippen LogP contribution >= 0.6 is 0 Å². The Morgan fingerprint density at radius 1 is 1.18 bits per heavy atom. The van der Waals surface area contributed by atoms with Gasteiger partial charge in [0.1, 0.15) is 6.10 Å². The van der Waals surface area contributed by atoms with Crippen LogP contribution in [0.1, 0.15) is 44.9 Å². The van der Waals surface area contributed by atoms with Crippen molar-refractivity contribution in [2.24, 2.45) is 5.92 Å². The highest BCUT2D eigenvalue weighted by Crippen LogP contribution is 2.33. The van der Waals surface area contributed by atoms with Crippen LogP contribution in [-0.2, 0) is 14.3 Å². The lowest BCUT2D eigenvalue weighted by Crippen LogP contribution is -2.56. The molecule has 3 aliphatic rings. The van der Waals surface area contributed by atoms with Crippen molar-refractivity contribution < 1.29 is 19.4 Å². The highest BCUT2D eigenvalue weighted by atomic mass is 16.5. The minimum atomic E-state index is -0.760. The van der Waals surface area contributed by atoms with E-state index in [0.717, 1.165) is 38.6 Å². The molecule has 2 N–H and O–H groups in total. The van der Waals surface area contributed by atoms with Crippen molar-refractivity contribution in [1.82, 2.24) is 10.2 Å². The average Bonchev–Trinajstić information content (AvgIpc) is 3.26. The molecule has 0 bridgehead atoms. The molecule has 0 radical (unpaired) electrons. The van der Waals surface area contributed by atoms with Crippen molar-refractivity contribution in [3.8, 4) is 0 Å². The van der Waals surface area contributed by atoms with Crippen molar-refractivity contribution in [2.45, 2.75) is 63.1 Å². The van der Waals surface area contributed by atoms with E-state index in [1.165, 1.54) is 12.8 Å². The number of ether oxygens (including phenoxy) is 1. The largest absolute Gasteiger partial charge is 0.480 e. The lowest BCUT2D eigenvalue weighted by molar-refractivity contribution is -0.141. The zero-order chi connectivity index (χ0) is 15.5. The molecular weight excluding hydrogens is 284 g/mol. The molecule has 0 aromatic rings. The quantitative estimate of drug-likeness (QED) is 0.733. The maximum atomic E-state index is 12.1. The van der Waals surface area contributed by atoms with Crippen molar-refractivity contribution in [2.75, 3.05) is 19.7 Å². The number of carbonyl (C=O) groups excluding carboxylic acids is 1. The fourth-order valence-electron chi connectivity index (χ4n) is 3.39. The van der Waals surface area contributed by atoms with E-state index in [1.54, 1.807) is 0 Å². The maximum Gasteiger partial charge on any atom is 0.317 e. The summed E-state index contributed by atoms with van der Waals surface area (Å²) in [5.74, 6) is -0.0671. The first kappa shape index (κ1) is 15.7. The van der Waals surface area contributed by atoms with Gasteiger partial charge in [0.15, 0.2) is 0 Å². The molecule has 6 nitrogen and oxygen atoms in total. The second-order valence-electron chi connectivity index (χ2n) is 6.95. The number of nitrogens with one attached hydrogen (secondary N) is 1. The molecule has 1 amide bonds. The van der Waals surface area contributed by atoms with Gasteiger partial charge in [0, 0.05) is 25.2 Å². The second kappa shape index (κ2) is 6.96. The molecule has 2 aliphatic carbocycles. The monoisotopic (exact) mass is 310 g/mol. The van der Waals surface area contributed by atoms with Gasteiger partial charge in [-0.1, -0.05) is 0 Å². The number of amides is 1. The summed E-state index contributed by atoms with van der Waals surface area (Å²) in [6.07, 6.45) is 6.80. The fraction of sp³-hybridized carbons (Fsp3) is 0.875. The highest BCUT2D eigenvalue weighted by molar-refractivity contribution is 5.81. The zero-order valence-electron chi connectivity index (χ0n) is 13.0. The molecule has 0 unspecified atom stereocenters. The van der Waals surface area contributed by atoms with E-state index in [-0.39, 0.29) is 24.6 Å². The zero-order valence-corrected chi connectivity index (χ0v) is 13.0. The van der Waals surface area contributed by atoms with Gasteiger partial charge in [0.2, 0.25) is 5.91 Å². The van der Waals surface area contributed by atoms with E-state index in [2.05, 4.69) is 10.2 Å². The van der Waals surface area contributed by atoms with Gasteiger partial charge in [-0.05, 0) is 50.9 Å². The predicted molar refractivity (Wildman–Crippen MR) is 80.5 cm³/mol. The fourth-order valence-corrected chi connectivity index (χ4v) is 3.39. The van der Waals surface area contributed by atoms with Crippen molar-refractivity contribution in [1.29, 1.82) is 0 Å². The Labute approximate surface area is 131 Å². The number of carboxylic acids is 1.